The number of ether oxygens (including phenoxy) is 1. The topological polar surface area (TPSA) is 63.8 Å². The van der Waals surface area contributed by atoms with Gasteiger partial charge in [-0.2, -0.15) is 0 Å². The maximum Gasteiger partial charge on any atom is 0.353 e. The number of imidazole rings is 1. The smallest absolute Gasteiger partial charge is 0.353 e. The number of pyridine rings is 1. The van der Waals surface area contributed by atoms with Crippen LogP contribution in [-0.4, -0.2) is 20.5 Å². The van der Waals surface area contributed by atoms with Gasteiger partial charge in [-0.3, -0.25) is 4.40 Å². The summed E-state index contributed by atoms with van der Waals surface area (Å²) in [5.41, 5.74) is 4.02. The number of carboxylic acids is 1. The van der Waals surface area contributed by atoms with Crippen molar-refractivity contribution in [2.24, 2.45) is 0 Å². The third-order valence-electron chi connectivity index (χ3n) is 4.71. The first-order chi connectivity index (χ1) is 13.6. The highest BCUT2D eigenvalue weighted by molar-refractivity contribution is 5.88. The highest BCUT2D eigenvalue weighted by Gasteiger charge is 2.14. The van der Waals surface area contributed by atoms with Gasteiger partial charge in [0.2, 0.25) is 0 Å². The maximum absolute atomic E-state index is 11.7. The molecule has 2 heterocycles. The lowest BCUT2D eigenvalue weighted by molar-refractivity contribution is 0.0687. The molecular formula is C23H20N2O3. The molecule has 0 aliphatic rings. The number of carbonyl (C=O) groups is 1. The molecule has 0 saturated heterocycles. The number of aromatic carboxylic acids is 1. The molecule has 140 valence electrons. The van der Waals surface area contributed by atoms with Crippen LogP contribution in [-0.2, 0) is 12.8 Å². The van der Waals surface area contributed by atoms with Crippen molar-refractivity contribution < 1.29 is 14.6 Å². The van der Waals surface area contributed by atoms with Crippen LogP contribution in [0.15, 0.2) is 73.1 Å². The van der Waals surface area contributed by atoms with E-state index in [0.717, 1.165) is 29.0 Å². The fourth-order valence-corrected chi connectivity index (χ4v) is 3.22. The van der Waals surface area contributed by atoms with Gasteiger partial charge in [-0.15, -0.1) is 0 Å². The summed E-state index contributed by atoms with van der Waals surface area (Å²) in [6, 6.07) is 19.5. The maximum atomic E-state index is 11.7. The normalized spacial score (nSPS) is 10.9. The highest BCUT2D eigenvalue weighted by atomic mass is 16.5. The summed E-state index contributed by atoms with van der Waals surface area (Å²) >= 11 is 0. The van der Waals surface area contributed by atoms with E-state index in [1.807, 2.05) is 67.6 Å². The molecule has 0 aliphatic carbocycles. The molecule has 0 amide bonds. The second-order valence-electron chi connectivity index (χ2n) is 6.73. The van der Waals surface area contributed by atoms with Gasteiger partial charge < -0.3 is 9.84 Å². The number of aromatic nitrogens is 2. The van der Waals surface area contributed by atoms with Crippen molar-refractivity contribution in [2.45, 2.75) is 19.8 Å². The molecule has 4 aromatic rings. The fraction of sp³-hybridized carbons (Fsp3) is 0.130. The summed E-state index contributed by atoms with van der Waals surface area (Å²) < 4.78 is 7.47. The molecule has 4 rings (SSSR count). The van der Waals surface area contributed by atoms with E-state index in [1.54, 1.807) is 16.8 Å². The predicted molar refractivity (Wildman–Crippen MR) is 107 cm³/mol. The molecule has 5 nitrogen and oxygen atoms in total. The Morgan fingerprint density at radius 3 is 2.32 bits per heavy atom. The van der Waals surface area contributed by atoms with Crippen molar-refractivity contribution in [3.63, 3.8) is 0 Å². The number of rotatable bonds is 6. The largest absolute Gasteiger partial charge is 0.477 e. The molecular weight excluding hydrogens is 352 g/mol. The van der Waals surface area contributed by atoms with E-state index in [4.69, 9.17) is 4.74 Å². The van der Waals surface area contributed by atoms with Crippen LogP contribution >= 0.6 is 0 Å². The third-order valence-corrected chi connectivity index (χ3v) is 4.71. The lowest BCUT2D eigenvalue weighted by Gasteiger charge is -2.10. The Morgan fingerprint density at radius 2 is 1.64 bits per heavy atom. The zero-order valence-electron chi connectivity index (χ0n) is 15.5. The first-order valence-corrected chi connectivity index (χ1v) is 9.12. The SMILES string of the molecule is Cc1ccc(Oc2ccc(CCc3ccc4nccn4c3C(=O)O)cc2)cc1. The van der Waals surface area contributed by atoms with E-state index < -0.39 is 5.97 Å². The summed E-state index contributed by atoms with van der Waals surface area (Å²) in [5.74, 6) is 0.636. The third kappa shape index (κ3) is 3.74. The Kier molecular flexibility index (Phi) is 4.81. The van der Waals surface area contributed by atoms with Gasteiger partial charge in [-0.05, 0) is 61.2 Å². The minimum atomic E-state index is -0.944. The van der Waals surface area contributed by atoms with Gasteiger partial charge in [-0.1, -0.05) is 35.9 Å². The average Bonchev–Trinajstić information content (AvgIpc) is 3.17. The van der Waals surface area contributed by atoms with Crippen LogP contribution in [0, 0.1) is 6.92 Å². The summed E-state index contributed by atoms with van der Waals surface area (Å²) in [6.07, 6.45) is 4.66. The van der Waals surface area contributed by atoms with Crippen LogP contribution < -0.4 is 4.74 Å². The highest BCUT2D eigenvalue weighted by Crippen LogP contribution is 2.23. The summed E-state index contributed by atoms with van der Waals surface area (Å²) in [6.45, 7) is 2.04. The van der Waals surface area contributed by atoms with Crippen LogP contribution in [0.3, 0.4) is 0 Å². The molecule has 0 radical (unpaired) electrons. The van der Waals surface area contributed by atoms with E-state index in [9.17, 15) is 9.90 Å². The molecule has 0 atom stereocenters. The first kappa shape index (κ1) is 17.8. The summed E-state index contributed by atoms with van der Waals surface area (Å²) in [7, 11) is 0. The van der Waals surface area contributed by atoms with Crippen molar-refractivity contribution in [1.82, 2.24) is 9.38 Å². The molecule has 0 unspecified atom stereocenters. The van der Waals surface area contributed by atoms with Crippen LogP contribution in [0.2, 0.25) is 0 Å². The fourth-order valence-electron chi connectivity index (χ4n) is 3.22. The van der Waals surface area contributed by atoms with Crippen LogP contribution in [0.25, 0.3) is 5.65 Å². The van der Waals surface area contributed by atoms with Gasteiger partial charge in [0.25, 0.3) is 0 Å². The monoisotopic (exact) mass is 372 g/mol. The van der Waals surface area contributed by atoms with Crippen molar-refractivity contribution in [2.75, 3.05) is 0 Å². The van der Waals surface area contributed by atoms with Gasteiger partial charge >= 0.3 is 5.97 Å². The molecule has 0 spiro atoms. The van der Waals surface area contributed by atoms with E-state index in [2.05, 4.69) is 4.98 Å². The van der Waals surface area contributed by atoms with Gasteiger partial charge in [0.05, 0.1) is 0 Å². The van der Waals surface area contributed by atoms with Crippen molar-refractivity contribution in [3.05, 3.63) is 95.4 Å². The van der Waals surface area contributed by atoms with E-state index in [1.165, 1.54) is 5.56 Å². The molecule has 0 aliphatic heterocycles. The van der Waals surface area contributed by atoms with Crippen molar-refractivity contribution >= 4 is 11.6 Å². The van der Waals surface area contributed by atoms with E-state index in [-0.39, 0.29) is 5.69 Å². The zero-order chi connectivity index (χ0) is 19.5. The standard InChI is InChI=1S/C23H20N2O3/c1-16-2-9-19(10-3-16)28-20-11-5-17(6-12-20)4-7-18-8-13-21-24-14-15-25(21)22(18)23(26)27/h2-3,5-6,8-15H,4,7H2,1H3,(H,26,27). The summed E-state index contributed by atoms with van der Waals surface area (Å²) in [5, 5.41) is 9.61. The molecule has 0 saturated carbocycles. The van der Waals surface area contributed by atoms with Crippen LogP contribution in [0.1, 0.15) is 27.2 Å². The number of carboxylic acid groups (broad SMARTS) is 1. The Balaban J connectivity index is 1.47. The molecule has 0 bridgehead atoms. The van der Waals surface area contributed by atoms with Gasteiger partial charge in [-0.25, -0.2) is 9.78 Å². The van der Waals surface area contributed by atoms with E-state index in [0.29, 0.717) is 12.1 Å². The lowest BCUT2D eigenvalue weighted by atomic mass is 10.0. The molecule has 28 heavy (non-hydrogen) atoms. The molecule has 2 aromatic carbocycles. The summed E-state index contributed by atoms with van der Waals surface area (Å²) in [4.78, 5) is 15.9. The predicted octanol–water partition coefficient (Wildman–Crippen LogP) is 4.92. The van der Waals surface area contributed by atoms with Crippen molar-refractivity contribution in [3.8, 4) is 11.5 Å². The second-order valence-corrected chi connectivity index (χ2v) is 6.73. The zero-order valence-corrected chi connectivity index (χ0v) is 15.5. The first-order valence-electron chi connectivity index (χ1n) is 9.12. The Hall–Kier alpha value is -3.60. The van der Waals surface area contributed by atoms with Gasteiger partial charge in [0, 0.05) is 12.4 Å². The van der Waals surface area contributed by atoms with Gasteiger partial charge in [0.15, 0.2) is 0 Å². The Bertz CT molecular complexity index is 1110. The van der Waals surface area contributed by atoms with Crippen LogP contribution in [0.5, 0.6) is 11.5 Å². The number of benzene rings is 2. The molecule has 1 N–H and O–H groups in total. The average molecular weight is 372 g/mol. The Labute approximate surface area is 162 Å². The number of aryl methyl sites for hydroxylation is 3. The lowest BCUT2D eigenvalue weighted by Crippen LogP contribution is -2.10. The number of nitrogens with zero attached hydrogens (tertiary/aromatic N) is 2. The molecule has 0 fully saturated rings. The molecule has 5 heteroatoms. The number of fused-ring (bicyclic) bond motifs is 1. The minimum absolute atomic E-state index is 0.273. The Morgan fingerprint density at radius 1 is 0.964 bits per heavy atom. The minimum Gasteiger partial charge on any atom is -0.477 e. The molecule has 2 aromatic heterocycles. The van der Waals surface area contributed by atoms with Crippen molar-refractivity contribution in [1.29, 1.82) is 0 Å². The van der Waals surface area contributed by atoms with Gasteiger partial charge in [0.1, 0.15) is 22.8 Å². The van der Waals surface area contributed by atoms with E-state index >= 15 is 0 Å². The second kappa shape index (κ2) is 7.56. The number of hydrogen-bond acceptors (Lipinski definition) is 3. The quantitative estimate of drug-likeness (QED) is 0.522. The van der Waals surface area contributed by atoms with Crippen LogP contribution in [0.4, 0.5) is 0 Å². The number of hydrogen-bond donors (Lipinski definition) is 1.